The Bertz CT molecular complexity index is 475. The third-order valence-electron chi connectivity index (χ3n) is 2.74. The molecule has 1 aliphatic rings. The van der Waals surface area contributed by atoms with Crippen LogP contribution in [0.2, 0.25) is 0 Å². The summed E-state index contributed by atoms with van der Waals surface area (Å²) in [5.41, 5.74) is 0.717. The first kappa shape index (κ1) is 13.9. The molecule has 0 radical (unpaired) electrons. The number of benzene rings is 1. The Morgan fingerprint density at radius 3 is 2.63 bits per heavy atom. The predicted molar refractivity (Wildman–Crippen MR) is 76.9 cm³/mol. The summed E-state index contributed by atoms with van der Waals surface area (Å²) >= 11 is 3.33. The van der Waals surface area contributed by atoms with Gasteiger partial charge in [-0.15, -0.1) is 0 Å². The Balaban J connectivity index is 1.62. The van der Waals surface area contributed by atoms with Gasteiger partial charge in [0.2, 0.25) is 5.91 Å². The standard InChI is InChI=1S/C13H16BrN3O2/c14-10-2-1-3-11(8-10)17-13(19)16-7-6-15-12(18)9-4-5-9/h1-3,8-9H,4-7H2,(H,15,18)(H2,16,17,19). The first-order valence-corrected chi connectivity index (χ1v) is 7.02. The second kappa shape index (κ2) is 6.56. The topological polar surface area (TPSA) is 70.2 Å². The summed E-state index contributed by atoms with van der Waals surface area (Å²) in [4.78, 5) is 22.9. The molecule has 6 heteroatoms. The van der Waals surface area contributed by atoms with E-state index in [0.717, 1.165) is 17.3 Å². The van der Waals surface area contributed by atoms with Crippen molar-refractivity contribution >= 4 is 33.6 Å². The molecule has 3 N–H and O–H groups in total. The summed E-state index contributed by atoms with van der Waals surface area (Å²) in [5, 5.41) is 8.18. The van der Waals surface area contributed by atoms with Gasteiger partial charge in [0.05, 0.1) is 0 Å². The van der Waals surface area contributed by atoms with E-state index in [2.05, 4.69) is 31.9 Å². The molecular formula is C13H16BrN3O2. The quantitative estimate of drug-likeness (QED) is 0.725. The van der Waals surface area contributed by atoms with Crippen LogP contribution >= 0.6 is 15.9 Å². The van der Waals surface area contributed by atoms with Crippen LogP contribution in [0.1, 0.15) is 12.8 Å². The van der Waals surface area contributed by atoms with Crippen LogP contribution in [-0.4, -0.2) is 25.0 Å². The molecule has 3 amide bonds. The molecule has 5 nitrogen and oxygen atoms in total. The molecule has 0 spiro atoms. The van der Waals surface area contributed by atoms with Crippen LogP contribution in [0.5, 0.6) is 0 Å². The minimum absolute atomic E-state index is 0.0919. The number of halogens is 1. The van der Waals surface area contributed by atoms with Crippen LogP contribution in [0, 0.1) is 5.92 Å². The van der Waals surface area contributed by atoms with Crippen molar-refractivity contribution in [2.75, 3.05) is 18.4 Å². The number of anilines is 1. The van der Waals surface area contributed by atoms with Crippen molar-refractivity contribution in [3.05, 3.63) is 28.7 Å². The van der Waals surface area contributed by atoms with Crippen LogP contribution < -0.4 is 16.0 Å². The van der Waals surface area contributed by atoms with Crippen molar-refractivity contribution < 1.29 is 9.59 Å². The minimum atomic E-state index is -0.279. The van der Waals surface area contributed by atoms with E-state index in [1.807, 2.05) is 18.2 Å². The van der Waals surface area contributed by atoms with Crippen LogP contribution in [0.25, 0.3) is 0 Å². The van der Waals surface area contributed by atoms with Gasteiger partial charge < -0.3 is 16.0 Å². The average molecular weight is 326 g/mol. The van der Waals surface area contributed by atoms with Gasteiger partial charge in [0.25, 0.3) is 0 Å². The van der Waals surface area contributed by atoms with Gasteiger partial charge in [-0.1, -0.05) is 22.0 Å². The van der Waals surface area contributed by atoms with E-state index in [0.29, 0.717) is 18.8 Å². The monoisotopic (exact) mass is 325 g/mol. The van der Waals surface area contributed by atoms with Gasteiger partial charge >= 0.3 is 6.03 Å². The molecule has 2 rings (SSSR count). The van der Waals surface area contributed by atoms with Crippen molar-refractivity contribution in [1.82, 2.24) is 10.6 Å². The lowest BCUT2D eigenvalue weighted by molar-refractivity contribution is -0.122. The summed E-state index contributed by atoms with van der Waals surface area (Å²) in [6.07, 6.45) is 1.98. The first-order valence-electron chi connectivity index (χ1n) is 6.23. The third kappa shape index (κ3) is 4.90. The molecule has 102 valence electrons. The summed E-state index contributed by atoms with van der Waals surface area (Å²) < 4.78 is 0.905. The zero-order chi connectivity index (χ0) is 13.7. The Morgan fingerprint density at radius 2 is 1.95 bits per heavy atom. The molecule has 1 fully saturated rings. The van der Waals surface area contributed by atoms with Crippen molar-refractivity contribution in [3.8, 4) is 0 Å². The van der Waals surface area contributed by atoms with E-state index in [9.17, 15) is 9.59 Å². The average Bonchev–Trinajstić information content (AvgIpc) is 3.18. The van der Waals surface area contributed by atoms with Gasteiger partial charge in [0.15, 0.2) is 0 Å². The number of hydrogen-bond donors (Lipinski definition) is 3. The van der Waals surface area contributed by atoms with Gasteiger partial charge in [-0.25, -0.2) is 4.79 Å². The van der Waals surface area contributed by atoms with Crippen molar-refractivity contribution in [1.29, 1.82) is 0 Å². The van der Waals surface area contributed by atoms with Crippen LogP contribution in [0.15, 0.2) is 28.7 Å². The molecule has 0 aromatic heterocycles. The number of urea groups is 1. The van der Waals surface area contributed by atoms with E-state index in [1.54, 1.807) is 6.07 Å². The van der Waals surface area contributed by atoms with Gasteiger partial charge in [-0.3, -0.25) is 4.79 Å². The lowest BCUT2D eigenvalue weighted by atomic mass is 10.3. The van der Waals surface area contributed by atoms with E-state index in [-0.39, 0.29) is 17.9 Å². The van der Waals surface area contributed by atoms with E-state index in [1.165, 1.54) is 0 Å². The van der Waals surface area contributed by atoms with E-state index < -0.39 is 0 Å². The number of nitrogens with one attached hydrogen (secondary N) is 3. The number of hydrogen-bond acceptors (Lipinski definition) is 2. The number of rotatable bonds is 5. The first-order chi connectivity index (χ1) is 9.15. The Morgan fingerprint density at radius 1 is 1.21 bits per heavy atom. The van der Waals surface area contributed by atoms with E-state index >= 15 is 0 Å². The zero-order valence-corrected chi connectivity index (χ0v) is 12.0. The molecule has 0 bridgehead atoms. The van der Waals surface area contributed by atoms with Gasteiger partial charge in [0.1, 0.15) is 0 Å². The number of carbonyl (C=O) groups excluding carboxylic acids is 2. The number of amides is 3. The summed E-state index contributed by atoms with van der Waals surface area (Å²) in [7, 11) is 0. The maximum Gasteiger partial charge on any atom is 0.319 e. The molecule has 0 heterocycles. The Kier molecular flexibility index (Phi) is 4.79. The lowest BCUT2D eigenvalue weighted by Gasteiger charge is -2.08. The normalized spacial score (nSPS) is 13.7. The fourth-order valence-electron chi connectivity index (χ4n) is 1.59. The molecule has 1 aliphatic carbocycles. The molecule has 0 saturated heterocycles. The maximum absolute atomic E-state index is 11.6. The SMILES string of the molecule is O=C(NCCNC(=O)C1CC1)Nc1cccc(Br)c1. The highest BCUT2D eigenvalue weighted by Crippen LogP contribution is 2.28. The highest BCUT2D eigenvalue weighted by atomic mass is 79.9. The summed E-state index contributed by atoms with van der Waals surface area (Å²) in [6.45, 7) is 0.875. The maximum atomic E-state index is 11.6. The molecule has 0 unspecified atom stereocenters. The van der Waals surface area contributed by atoms with Gasteiger partial charge in [-0.05, 0) is 31.0 Å². The van der Waals surface area contributed by atoms with Crippen molar-refractivity contribution in [3.63, 3.8) is 0 Å². The molecule has 0 atom stereocenters. The molecule has 1 aromatic rings. The van der Waals surface area contributed by atoms with E-state index in [4.69, 9.17) is 0 Å². The Labute approximate surface area is 120 Å². The predicted octanol–water partition coefficient (Wildman–Crippen LogP) is 2.10. The largest absolute Gasteiger partial charge is 0.354 e. The second-order valence-corrected chi connectivity index (χ2v) is 5.37. The van der Waals surface area contributed by atoms with Crippen LogP contribution in [0.3, 0.4) is 0 Å². The molecular weight excluding hydrogens is 310 g/mol. The zero-order valence-electron chi connectivity index (χ0n) is 10.4. The smallest absolute Gasteiger partial charge is 0.319 e. The highest BCUT2D eigenvalue weighted by molar-refractivity contribution is 9.10. The fraction of sp³-hybridized carbons (Fsp3) is 0.385. The van der Waals surface area contributed by atoms with Crippen molar-refractivity contribution in [2.45, 2.75) is 12.8 Å². The van der Waals surface area contributed by atoms with Gasteiger partial charge in [0, 0.05) is 29.2 Å². The van der Waals surface area contributed by atoms with Gasteiger partial charge in [-0.2, -0.15) is 0 Å². The minimum Gasteiger partial charge on any atom is -0.354 e. The highest BCUT2D eigenvalue weighted by Gasteiger charge is 2.28. The molecule has 1 aromatic carbocycles. The van der Waals surface area contributed by atoms with Crippen LogP contribution in [0.4, 0.5) is 10.5 Å². The number of carbonyl (C=O) groups is 2. The Hall–Kier alpha value is -1.56. The molecule has 19 heavy (non-hydrogen) atoms. The molecule has 1 saturated carbocycles. The second-order valence-electron chi connectivity index (χ2n) is 4.46. The summed E-state index contributed by atoms with van der Waals surface area (Å²) in [5.74, 6) is 0.296. The fourth-order valence-corrected chi connectivity index (χ4v) is 1.99. The lowest BCUT2D eigenvalue weighted by Crippen LogP contribution is -2.37. The van der Waals surface area contributed by atoms with Crippen molar-refractivity contribution in [2.24, 2.45) is 5.92 Å². The third-order valence-corrected chi connectivity index (χ3v) is 3.23. The summed E-state index contributed by atoms with van der Waals surface area (Å²) in [6, 6.07) is 7.07. The van der Waals surface area contributed by atoms with Crippen LogP contribution in [-0.2, 0) is 4.79 Å². The molecule has 0 aliphatic heterocycles.